The third kappa shape index (κ3) is 3.59. The van der Waals surface area contributed by atoms with E-state index in [1.54, 1.807) is 6.07 Å². The van der Waals surface area contributed by atoms with E-state index < -0.39 is 48.4 Å². The number of fused-ring (bicyclic) bond motifs is 1. The van der Waals surface area contributed by atoms with Crippen LogP contribution >= 0.6 is 0 Å². The number of ether oxygens (including phenoxy) is 1. The Kier molecular flexibility index (Phi) is 5.24. The van der Waals surface area contributed by atoms with Gasteiger partial charge in [0.25, 0.3) is 10.0 Å². The smallest absolute Gasteiger partial charge is 0.464 e. The summed E-state index contributed by atoms with van der Waals surface area (Å²) in [6.07, 6.45) is 1.83. The monoisotopic (exact) mass is 464 g/mol. The van der Waals surface area contributed by atoms with E-state index in [9.17, 15) is 34.8 Å². The number of pyridine rings is 1. The normalized spacial score (nSPS) is 12.7. The number of alkyl halides is 3. The van der Waals surface area contributed by atoms with Gasteiger partial charge in [-0.15, -0.1) is 0 Å². The van der Waals surface area contributed by atoms with Crippen LogP contribution in [0.3, 0.4) is 0 Å². The summed E-state index contributed by atoms with van der Waals surface area (Å²) in [6.45, 7) is 0. The summed E-state index contributed by atoms with van der Waals surface area (Å²) in [5, 5.41) is -0.419. The minimum absolute atomic E-state index is 0.148. The van der Waals surface area contributed by atoms with Crippen LogP contribution < -0.4 is 4.18 Å². The molecule has 2 heterocycles. The van der Waals surface area contributed by atoms with Crippen LogP contribution in [0.4, 0.5) is 13.2 Å². The first-order chi connectivity index (χ1) is 13.9. The summed E-state index contributed by atoms with van der Waals surface area (Å²) in [7, 11) is -9.52. The third-order valence-corrected chi connectivity index (χ3v) is 6.48. The van der Waals surface area contributed by atoms with Gasteiger partial charge in [0.05, 0.1) is 23.7 Å². The number of carbonyl (C=O) groups excluding carboxylic acids is 1. The molecule has 3 rings (SSSR count). The van der Waals surface area contributed by atoms with Crippen LogP contribution in [0, 0.1) is 0 Å². The molecule has 3 aromatic rings. The minimum atomic E-state index is -6.19. The fourth-order valence-corrected chi connectivity index (χ4v) is 4.29. The van der Waals surface area contributed by atoms with Gasteiger partial charge >= 0.3 is 21.6 Å². The van der Waals surface area contributed by atoms with Crippen molar-refractivity contribution < 1.29 is 43.7 Å². The molecule has 30 heavy (non-hydrogen) atoms. The fourth-order valence-electron chi connectivity index (χ4n) is 2.46. The second-order valence-corrected chi connectivity index (χ2v) is 8.99. The highest BCUT2D eigenvalue weighted by molar-refractivity contribution is 7.90. The Morgan fingerprint density at radius 3 is 2.27 bits per heavy atom. The molecule has 2 aromatic heterocycles. The van der Waals surface area contributed by atoms with Gasteiger partial charge < -0.3 is 8.92 Å². The van der Waals surface area contributed by atoms with Crippen molar-refractivity contribution in [3.05, 3.63) is 54.5 Å². The molecule has 0 unspecified atom stereocenters. The number of rotatable bonds is 5. The summed E-state index contributed by atoms with van der Waals surface area (Å²) in [6, 6.07) is 8.02. The number of halogens is 3. The van der Waals surface area contributed by atoms with Crippen molar-refractivity contribution in [3.63, 3.8) is 0 Å². The Labute approximate surface area is 167 Å². The lowest BCUT2D eigenvalue weighted by molar-refractivity contribution is -0.0500. The molecule has 160 valence electrons. The SMILES string of the molecule is COC(=O)c1ncc2c(ccn2S(=O)(=O)c2ccccc2)c1OS(=O)(=O)C(F)(F)F. The van der Waals surface area contributed by atoms with Crippen LogP contribution in [0.1, 0.15) is 10.5 Å². The highest BCUT2D eigenvalue weighted by Crippen LogP contribution is 2.35. The molecule has 0 aliphatic carbocycles. The molecular formula is C16H11F3N2O7S2. The van der Waals surface area contributed by atoms with E-state index in [1.165, 1.54) is 24.3 Å². The second-order valence-electron chi connectivity index (χ2n) is 5.64. The molecule has 0 bridgehead atoms. The minimum Gasteiger partial charge on any atom is -0.464 e. The first kappa shape index (κ1) is 21.6. The van der Waals surface area contributed by atoms with Gasteiger partial charge in [-0.1, -0.05) is 18.2 Å². The van der Waals surface area contributed by atoms with Crippen molar-refractivity contribution in [1.29, 1.82) is 0 Å². The van der Waals surface area contributed by atoms with Crippen molar-refractivity contribution in [2.75, 3.05) is 7.11 Å². The Bertz CT molecular complexity index is 1330. The molecule has 0 fully saturated rings. The summed E-state index contributed by atoms with van der Waals surface area (Å²) in [4.78, 5) is 15.3. The summed E-state index contributed by atoms with van der Waals surface area (Å²) in [5.41, 5.74) is -7.01. The molecule has 0 N–H and O–H groups in total. The van der Waals surface area contributed by atoms with Crippen LogP contribution in [0.2, 0.25) is 0 Å². The zero-order chi connectivity index (χ0) is 22.3. The summed E-state index contributed by atoms with van der Waals surface area (Å²) in [5.74, 6) is -2.40. The van der Waals surface area contributed by atoms with Gasteiger partial charge in [-0.05, 0) is 18.2 Å². The maximum absolute atomic E-state index is 12.8. The molecule has 1 aromatic carbocycles. The van der Waals surface area contributed by atoms with E-state index in [0.29, 0.717) is 3.97 Å². The quantitative estimate of drug-likeness (QED) is 0.320. The number of methoxy groups -OCH3 is 1. The Morgan fingerprint density at radius 1 is 1.07 bits per heavy atom. The van der Waals surface area contributed by atoms with Crippen molar-refractivity contribution in [3.8, 4) is 5.75 Å². The summed E-state index contributed by atoms with van der Waals surface area (Å²) < 4.78 is 96.3. The van der Waals surface area contributed by atoms with E-state index in [4.69, 9.17) is 0 Å². The maximum Gasteiger partial charge on any atom is 0.534 e. The van der Waals surface area contributed by atoms with E-state index >= 15 is 0 Å². The number of esters is 1. The first-order valence-corrected chi connectivity index (χ1v) is 10.6. The van der Waals surface area contributed by atoms with E-state index in [2.05, 4.69) is 13.9 Å². The molecule has 0 saturated heterocycles. The Hall–Kier alpha value is -3.13. The number of aromatic nitrogens is 2. The lowest BCUT2D eigenvalue weighted by Crippen LogP contribution is -2.29. The van der Waals surface area contributed by atoms with Crippen molar-refractivity contribution in [2.24, 2.45) is 0 Å². The Balaban J connectivity index is 2.28. The number of nitrogens with zero attached hydrogens (tertiary/aromatic N) is 2. The maximum atomic E-state index is 12.8. The van der Waals surface area contributed by atoms with Gasteiger partial charge in [-0.25, -0.2) is 22.2 Å². The van der Waals surface area contributed by atoms with Gasteiger partial charge in [0, 0.05) is 11.6 Å². The van der Waals surface area contributed by atoms with E-state index in [0.717, 1.165) is 25.6 Å². The number of hydrogen-bond acceptors (Lipinski definition) is 8. The molecule has 0 saturated carbocycles. The lowest BCUT2D eigenvalue weighted by atomic mass is 10.2. The van der Waals surface area contributed by atoms with Crippen molar-refractivity contribution in [1.82, 2.24) is 8.96 Å². The molecule has 14 heteroatoms. The average Bonchev–Trinajstić information content (AvgIpc) is 3.12. The molecule has 0 aliphatic heterocycles. The highest BCUT2D eigenvalue weighted by Gasteiger charge is 2.49. The molecule has 0 atom stereocenters. The summed E-state index contributed by atoms with van der Waals surface area (Å²) >= 11 is 0. The standard InChI is InChI=1S/C16H11F3N2O7S2/c1-27-15(22)13-14(28-30(25,26)16(17,18)19)11-7-8-21(12(11)9-20-13)29(23,24)10-5-3-2-4-6-10/h2-9H,1H3. The van der Waals surface area contributed by atoms with Gasteiger partial charge in [0.15, 0.2) is 11.4 Å². The van der Waals surface area contributed by atoms with Gasteiger partial charge in [0.2, 0.25) is 0 Å². The fraction of sp³-hybridized carbons (Fsp3) is 0.125. The molecule has 9 nitrogen and oxygen atoms in total. The van der Waals surface area contributed by atoms with E-state index in [-0.39, 0.29) is 10.4 Å². The van der Waals surface area contributed by atoms with Crippen LogP contribution in [0.5, 0.6) is 5.75 Å². The van der Waals surface area contributed by atoms with Crippen molar-refractivity contribution in [2.45, 2.75) is 10.4 Å². The predicted molar refractivity (Wildman–Crippen MR) is 95.7 cm³/mol. The number of hydrogen-bond donors (Lipinski definition) is 0. The van der Waals surface area contributed by atoms with Crippen LogP contribution in [-0.2, 0) is 24.9 Å². The van der Waals surface area contributed by atoms with Gasteiger partial charge in [-0.2, -0.15) is 21.6 Å². The predicted octanol–water partition coefficient (Wildman–Crippen LogP) is 2.29. The average molecular weight is 464 g/mol. The molecule has 0 spiro atoms. The van der Waals surface area contributed by atoms with Gasteiger partial charge in [-0.3, -0.25) is 0 Å². The van der Waals surface area contributed by atoms with Gasteiger partial charge in [0.1, 0.15) is 0 Å². The molecular weight excluding hydrogens is 453 g/mol. The number of carbonyl (C=O) groups is 1. The van der Waals surface area contributed by atoms with E-state index in [1.807, 2.05) is 0 Å². The molecule has 0 amide bonds. The molecule has 0 radical (unpaired) electrons. The highest BCUT2D eigenvalue weighted by atomic mass is 32.2. The largest absolute Gasteiger partial charge is 0.534 e. The first-order valence-electron chi connectivity index (χ1n) is 7.80. The van der Waals surface area contributed by atoms with Crippen LogP contribution in [0.15, 0.2) is 53.7 Å². The van der Waals surface area contributed by atoms with Crippen molar-refractivity contribution >= 4 is 37.0 Å². The number of benzene rings is 1. The van der Waals surface area contributed by atoms with Crippen LogP contribution in [0.25, 0.3) is 10.9 Å². The Morgan fingerprint density at radius 2 is 1.70 bits per heavy atom. The second kappa shape index (κ2) is 7.28. The van der Waals surface area contributed by atoms with Crippen LogP contribution in [-0.4, -0.2) is 44.4 Å². The topological polar surface area (TPSA) is 122 Å². The third-order valence-electron chi connectivity index (χ3n) is 3.82. The lowest BCUT2D eigenvalue weighted by Gasteiger charge is -2.13. The zero-order valence-electron chi connectivity index (χ0n) is 14.8. The zero-order valence-corrected chi connectivity index (χ0v) is 16.5. The molecule has 0 aliphatic rings.